The number of esters is 1. The number of carbonyl (C=O) groups excluding carboxylic acids is 1. The van der Waals surface area contributed by atoms with E-state index in [0.29, 0.717) is 18.1 Å². The van der Waals surface area contributed by atoms with Crippen molar-refractivity contribution in [3.05, 3.63) is 28.0 Å². The van der Waals surface area contributed by atoms with Gasteiger partial charge in [-0.1, -0.05) is 42.5 Å². The van der Waals surface area contributed by atoms with Crippen molar-refractivity contribution < 1.29 is 14.3 Å². The number of carbonyl (C=O) groups is 1. The van der Waals surface area contributed by atoms with Crippen LogP contribution in [0.2, 0.25) is 10.3 Å². The smallest absolute Gasteiger partial charge is 0.325 e. The Labute approximate surface area is 158 Å². The highest BCUT2D eigenvalue weighted by molar-refractivity contribution is 6.32. The summed E-state index contributed by atoms with van der Waals surface area (Å²) < 4.78 is 10.7. The average Bonchev–Trinajstić information content (AvgIpc) is 2.52. The van der Waals surface area contributed by atoms with Crippen LogP contribution >= 0.6 is 35.6 Å². The maximum Gasteiger partial charge on any atom is 0.325 e. The summed E-state index contributed by atoms with van der Waals surface area (Å²) in [5.74, 6) is 0.0887. The molecule has 0 spiro atoms. The molecule has 0 unspecified atom stereocenters. The lowest BCUT2D eigenvalue weighted by atomic mass is 9.90. The Bertz CT molecular complexity index is 505. The van der Waals surface area contributed by atoms with Crippen molar-refractivity contribution in [2.75, 3.05) is 13.2 Å². The van der Waals surface area contributed by atoms with Gasteiger partial charge < -0.3 is 15.2 Å². The topological polar surface area (TPSA) is 74.4 Å². The van der Waals surface area contributed by atoms with Crippen LogP contribution in [-0.4, -0.2) is 30.2 Å². The van der Waals surface area contributed by atoms with Crippen LogP contribution in [0.5, 0.6) is 0 Å². The first-order chi connectivity index (χ1) is 11.0. The summed E-state index contributed by atoms with van der Waals surface area (Å²) in [6.45, 7) is 0.890. The number of pyridine rings is 1. The van der Waals surface area contributed by atoms with E-state index in [2.05, 4.69) is 4.98 Å². The van der Waals surface area contributed by atoms with Crippen LogP contribution < -0.4 is 5.73 Å². The third-order valence-corrected chi connectivity index (χ3v) is 4.27. The van der Waals surface area contributed by atoms with E-state index in [1.165, 1.54) is 32.1 Å². The zero-order valence-corrected chi connectivity index (χ0v) is 15.7. The molecule has 8 heteroatoms. The maximum atomic E-state index is 11.9. The van der Waals surface area contributed by atoms with Crippen LogP contribution in [0.25, 0.3) is 0 Å². The molecule has 5 nitrogen and oxygen atoms in total. The first-order valence-corrected chi connectivity index (χ1v) is 8.62. The summed E-state index contributed by atoms with van der Waals surface area (Å²) >= 11 is 11.6. The quantitative estimate of drug-likeness (QED) is 0.560. The zero-order chi connectivity index (χ0) is 16.7. The summed E-state index contributed by atoms with van der Waals surface area (Å²) in [4.78, 5) is 15.7. The minimum Gasteiger partial charge on any atom is -0.460 e. The summed E-state index contributed by atoms with van der Waals surface area (Å²) in [7, 11) is 0. The highest BCUT2D eigenvalue weighted by atomic mass is 35.5. The molecule has 1 atom stereocenters. The van der Waals surface area contributed by atoms with Gasteiger partial charge in [-0.2, -0.15) is 0 Å². The van der Waals surface area contributed by atoms with Crippen LogP contribution in [0.4, 0.5) is 0 Å². The Kier molecular flexibility index (Phi) is 9.93. The molecule has 0 radical (unpaired) electrons. The Morgan fingerprint density at radius 1 is 1.25 bits per heavy atom. The Balaban J connectivity index is 0.00000288. The first kappa shape index (κ1) is 21.5. The standard InChI is InChI=1S/C16H22Cl2N2O3.ClH/c17-14-6-12(7-15(18)20-14)9-23-16(21)13(19)10-22-8-11-4-2-1-3-5-11;/h6-7,11,13H,1-5,8-10,19H2;1H/t13-;/m0./s1. The molecule has 24 heavy (non-hydrogen) atoms. The fourth-order valence-corrected chi connectivity index (χ4v) is 3.15. The molecule has 1 fully saturated rings. The lowest BCUT2D eigenvalue weighted by Gasteiger charge is -2.22. The molecule has 0 bridgehead atoms. The van der Waals surface area contributed by atoms with Crippen LogP contribution in [-0.2, 0) is 20.9 Å². The molecule has 0 amide bonds. The SMILES string of the molecule is Cl.N[C@@H](COCC1CCCCC1)C(=O)OCc1cc(Cl)nc(Cl)c1. The Morgan fingerprint density at radius 2 is 1.88 bits per heavy atom. The molecule has 136 valence electrons. The van der Waals surface area contributed by atoms with Gasteiger partial charge in [0.05, 0.1) is 6.61 Å². The molecule has 1 aliphatic carbocycles. The fraction of sp³-hybridized carbons (Fsp3) is 0.625. The normalized spacial score (nSPS) is 16.3. The Hall–Kier alpha value is -0.590. The van der Waals surface area contributed by atoms with Crippen molar-refractivity contribution in [1.29, 1.82) is 0 Å². The molecule has 0 aliphatic heterocycles. The van der Waals surface area contributed by atoms with E-state index < -0.39 is 12.0 Å². The van der Waals surface area contributed by atoms with Gasteiger partial charge in [0.2, 0.25) is 0 Å². The van der Waals surface area contributed by atoms with E-state index in [4.69, 9.17) is 38.4 Å². The van der Waals surface area contributed by atoms with E-state index in [1.807, 2.05) is 0 Å². The van der Waals surface area contributed by atoms with Gasteiger partial charge in [0.15, 0.2) is 0 Å². The van der Waals surface area contributed by atoms with Gasteiger partial charge in [0, 0.05) is 6.61 Å². The number of rotatable bonds is 7. The molecular weight excluding hydrogens is 375 g/mol. The third-order valence-electron chi connectivity index (χ3n) is 3.88. The molecule has 2 N–H and O–H groups in total. The molecule has 2 rings (SSSR count). The number of aromatic nitrogens is 1. The van der Waals surface area contributed by atoms with Gasteiger partial charge in [0.25, 0.3) is 0 Å². The second kappa shape index (κ2) is 11.1. The summed E-state index contributed by atoms with van der Waals surface area (Å²) in [5.41, 5.74) is 6.46. The third kappa shape index (κ3) is 7.53. The predicted molar refractivity (Wildman–Crippen MR) is 96.7 cm³/mol. The molecule has 1 aromatic heterocycles. The van der Waals surface area contributed by atoms with Crippen LogP contribution in [0, 0.1) is 5.92 Å². The Morgan fingerprint density at radius 3 is 2.50 bits per heavy atom. The van der Waals surface area contributed by atoms with E-state index in [9.17, 15) is 4.79 Å². The molecule has 0 aromatic carbocycles. The van der Waals surface area contributed by atoms with Crippen molar-refractivity contribution in [3.8, 4) is 0 Å². The molecule has 1 saturated carbocycles. The fourth-order valence-electron chi connectivity index (χ4n) is 2.64. The minimum atomic E-state index is -0.786. The molecule has 0 saturated heterocycles. The second-order valence-corrected chi connectivity index (χ2v) is 6.65. The molecule has 1 heterocycles. The summed E-state index contributed by atoms with van der Waals surface area (Å²) in [6, 6.07) is 2.39. The number of ether oxygens (including phenoxy) is 2. The van der Waals surface area contributed by atoms with E-state index in [1.54, 1.807) is 12.1 Å². The van der Waals surface area contributed by atoms with E-state index in [-0.39, 0.29) is 35.9 Å². The van der Waals surface area contributed by atoms with Gasteiger partial charge in [-0.3, -0.25) is 4.79 Å². The lowest BCUT2D eigenvalue weighted by Crippen LogP contribution is -2.37. The van der Waals surface area contributed by atoms with Crippen molar-refractivity contribution in [2.24, 2.45) is 11.7 Å². The predicted octanol–water partition coefficient (Wildman–Crippen LogP) is 3.78. The van der Waals surface area contributed by atoms with Gasteiger partial charge >= 0.3 is 5.97 Å². The van der Waals surface area contributed by atoms with Crippen molar-refractivity contribution in [2.45, 2.75) is 44.8 Å². The van der Waals surface area contributed by atoms with Crippen molar-refractivity contribution >= 4 is 41.6 Å². The molecular formula is C16H23Cl3N2O3. The zero-order valence-electron chi connectivity index (χ0n) is 13.4. The van der Waals surface area contributed by atoms with Gasteiger partial charge in [-0.15, -0.1) is 12.4 Å². The number of hydrogen-bond acceptors (Lipinski definition) is 5. The van der Waals surface area contributed by atoms with Crippen molar-refractivity contribution in [1.82, 2.24) is 4.98 Å². The number of halogens is 3. The number of nitrogens with zero attached hydrogens (tertiary/aromatic N) is 1. The van der Waals surface area contributed by atoms with Gasteiger partial charge in [-0.05, 0) is 36.5 Å². The minimum absolute atomic E-state index is 0. The monoisotopic (exact) mass is 396 g/mol. The lowest BCUT2D eigenvalue weighted by molar-refractivity contribution is -0.148. The molecule has 1 aromatic rings. The first-order valence-electron chi connectivity index (χ1n) is 7.86. The van der Waals surface area contributed by atoms with E-state index in [0.717, 1.165) is 0 Å². The average molecular weight is 398 g/mol. The van der Waals surface area contributed by atoms with Crippen LogP contribution in [0.15, 0.2) is 12.1 Å². The largest absolute Gasteiger partial charge is 0.460 e. The van der Waals surface area contributed by atoms with Crippen molar-refractivity contribution in [3.63, 3.8) is 0 Å². The maximum absolute atomic E-state index is 11.9. The highest BCUT2D eigenvalue weighted by Crippen LogP contribution is 2.23. The molecule has 1 aliphatic rings. The number of nitrogens with two attached hydrogens (primary N) is 1. The highest BCUT2D eigenvalue weighted by Gasteiger charge is 2.18. The van der Waals surface area contributed by atoms with Crippen LogP contribution in [0.3, 0.4) is 0 Å². The van der Waals surface area contributed by atoms with Crippen LogP contribution in [0.1, 0.15) is 37.7 Å². The second-order valence-electron chi connectivity index (χ2n) is 5.88. The number of hydrogen-bond donors (Lipinski definition) is 1. The van der Waals surface area contributed by atoms with Gasteiger partial charge in [0.1, 0.15) is 23.0 Å². The summed E-state index contributed by atoms with van der Waals surface area (Å²) in [6.07, 6.45) is 6.23. The van der Waals surface area contributed by atoms with Gasteiger partial charge in [-0.25, -0.2) is 4.98 Å². The summed E-state index contributed by atoms with van der Waals surface area (Å²) in [5, 5.41) is 0.507. The van der Waals surface area contributed by atoms with E-state index >= 15 is 0 Å².